The number of aromatic amines is 1. The lowest BCUT2D eigenvalue weighted by atomic mass is 10.0. The van der Waals surface area contributed by atoms with Gasteiger partial charge in [-0.25, -0.2) is 0 Å². The summed E-state index contributed by atoms with van der Waals surface area (Å²) in [4.78, 5) is 14.6. The van der Waals surface area contributed by atoms with Crippen LogP contribution in [-0.2, 0) is 0 Å². The van der Waals surface area contributed by atoms with Crippen LogP contribution in [0.1, 0.15) is 22.6 Å². The molecule has 2 heterocycles. The summed E-state index contributed by atoms with van der Waals surface area (Å²) in [5.74, 6) is 0. The number of pyridine rings is 1. The molecule has 3 rings (SSSR count). The number of hydrogen-bond acceptors (Lipinski definition) is 2. The summed E-state index contributed by atoms with van der Waals surface area (Å²) in [5.41, 5.74) is 5.47. The number of hydrogen-bond donors (Lipinski definition) is 1. The summed E-state index contributed by atoms with van der Waals surface area (Å²) in [6.07, 6.45) is 0. The highest BCUT2D eigenvalue weighted by atomic mass is 16.1. The SMILES string of the molecule is Cc1cc(-c2ccc(-n3c(C)ccc3C)cc2)c(C#N)c(=O)[nH]1. The Morgan fingerprint density at radius 3 is 2.17 bits per heavy atom. The molecule has 1 N–H and O–H groups in total. The van der Waals surface area contributed by atoms with E-state index in [2.05, 4.69) is 35.5 Å². The first-order valence-electron chi connectivity index (χ1n) is 7.41. The Balaban J connectivity index is 2.11. The molecule has 114 valence electrons. The minimum absolute atomic E-state index is 0.150. The Bertz CT molecular complexity index is 950. The number of nitrogens with one attached hydrogen (secondary N) is 1. The van der Waals surface area contributed by atoms with E-state index in [-0.39, 0.29) is 11.1 Å². The smallest absolute Gasteiger partial charge is 0.266 e. The quantitative estimate of drug-likeness (QED) is 0.785. The van der Waals surface area contributed by atoms with Gasteiger partial charge in [0.2, 0.25) is 0 Å². The molecule has 0 saturated carbocycles. The molecular weight excluding hydrogens is 286 g/mol. The molecule has 0 atom stereocenters. The van der Waals surface area contributed by atoms with Crippen molar-refractivity contribution in [2.24, 2.45) is 0 Å². The molecule has 0 radical (unpaired) electrons. The maximum absolute atomic E-state index is 11.9. The van der Waals surface area contributed by atoms with Gasteiger partial charge in [0.1, 0.15) is 11.6 Å². The highest BCUT2D eigenvalue weighted by molar-refractivity contribution is 5.71. The minimum Gasteiger partial charge on any atom is -0.325 e. The Morgan fingerprint density at radius 1 is 1.00 bits per heavy atom. The van der Waals surface area contributed by atoms with E-state index in [0.29, 0.717) is 5.56 Å². The second-order valence-corrected chi connectivity index (χ2v) is 5.68. The zero-order valence-corrected chi connectivity index (χ0v) is 13.3. The van der Waals surface area contributed by atoms with Crippen LogP contribution in [0.4, 0.5) is 0 Å². The van der Waals surface area contributed by atoms with Crippen LogP contribution < -0.4 is 5.56 Å². The third-order valence-electron chi connectivity index (χ3n) is 3.99. The van der Waals surface area contributed by atoms with E-state index >= 15 is 0 Å². The molecule has 0 aliphatic carbocycles. The molecule has 0 unspecified atom stereocenters. The lowest BCUT2D eigenvalue weighted by molar-refractivity contribution is 0.966. The number of nitrogens with zero attached hydrogens (tertiary/aromatic N) is 2. The fraction of sp³-hybridized carbons (Fsp3) is 0.158. The molecule has 3 aromatic rings. The summed E-state index contributed by atoms with van der Waals surface area (Å²) >= 11 is 0. The van der Waals surface area contributed by atoms with Gasteiger partial charge in [0.05, 0.1) is 0 Å². The Morgan fingerprint density at radius 2 is 1.61 bits per heavy atom. The summed E-state index contributed by atoms with van der Waals surface area (Å²) in [6.45, 7) is 5.94. The minimum atomic E-state index is -0.344. The molecule has 4 nitrogen and oxygen atoms in total. The van der Waals surface area contributed by atoms with E-state index in [1.807, 2.05) is 43.3 Å². The van der Waals surface area contributed by atoms with E-state index in [1.165, 1.54) is 11.4 Å². The number of H-pyrrole nitrogens is 1. The van der Waals surface area contributed by atoms with Gasteiger partial charge < -0.3 is 9.55 Å². The lowest BCUT2D eigenvalue weighted by Gasteiger charge is -2.11. The standard InChI is InChI=1S/C19H17N3O/c1-12-10-17(18(11-20)19(23)21-12)15-6-8-16(9-7-15)22-13(2)4-5-14(22)3/h4-10H,1-3H3,(H,21,23). The molecule has 2 aromatic heterocycles. The Hall–Kier alpha value is -3.06. The highest BCUT2D eigenvalue weighted by Gasteiger charge is 2.11. The molecule has 0 amide bonds. The van der Waals surface area contributed by atoms with Crippen LogP contribution in [0.5, 0.6) is 0 Å². The van der Waals surface area contributed by atoms with Crippen LogP contribution in [0.25, 0.3) is 16.8 Å². The Labute approximate surface area is 134 Å². The van der Waals surface area contributed by atoms with E-state index in [1.54, 1.807) is 0 Å². The van der Waals surface area contributed by atoms with Crippen LogP contribution in [-0.4, -0.2) is 9.55 Å². The number of aromatic nitrogens is 2. The summed E-state index contributed by atoms with van der Waals surface area (Å²) in [5, 5.41) is 9.25. The molecule has 0 aliphatic heterocycles. The van der Waals surface area contributed by atoms with Crippen molar-refractivity contribution in [1.29, 1.82) is 5.26 Å². The zero-order chi connectivity index (χ0) is 16.6. The average molecular weight is 303 g/mol. The first kappa shape index (κ1) is 14.9. The van der Waals surface area contributed by atoms with E-state index in [9.17, 15) is 10.1 Å². The fourth-order valence-corrected chi connectivity index (χ4v) is 2.89. The van der Waals surface area contributed by atoms with Crippen LogP contribution in [0, 0.1) is 32.1 Å². The van der Waals surface area contributed by atoms with Gasteiger partial charge in [-0.3, -0.25) is 4.79 Å². The molecule has 0 fully saturated rings. The summed E-state index contributed by atoms with van der Waals surface area (Å²) in [6, 6.07) is 15.9. The predicted molar refractivity (Wildman–Crippen MR) is 90.8 cm³/mol. The van der Waals surface area contributed by atoms with Gasteiger partial charge in [-0.05, 0) is 56.7 Å². The third kappa shape index (κ3) is 2.58. The van der Waals surface area contributed by atoms with Crippen molar-refractivity contribution in [1.82, 2.24) is 9.55 Å². The molecule has 0 spiro atoms. The van der Waals surface area contributed by atoms with Crippen molar-refractivity contribution >= 4 is 0 Å². The maximum Gasteiger partial charge on any atom is 0.266 e. The van der Waals surface area contributed by atoms with Gasteiger partial charge in [-0.2, -0.15) is 5.26 Å². The molecule has 23 heavy (non-hydrogen) atoms. The van der Waals surface area contributed by atoms with Gasteiger partial charge in [0.15, 0.2) is 0 Å². The van der Waals surface area contributed by atoms with E-state index in [0.717, 1.165) is 16.9 Å². The van der Waals surface area contributed by atoms with E-state index < -0.39 is 0 Å². The van der Waals surface area contributed by atoms with Crippen molar-refractivity contribution in [3.05, 3.63) is 75.5 Å². The first-order valence-corrected chi connectivity index (χ1v) is 7.41. The Kier molecular flexibility index (Phi) is 3.63. The van der Waals surface area contributed by atoms with Gasteiger partial charge in [0.25, 0.3) is 5.56 Å². The molecule has 4 heteroatoms. The predicted octanol–water partition coefficient (Wildman–Crippen LogP) is 3.63. The molecule has 0 aliphatic rings. The van der Waals surface area contributed by atoms with Crippen LogP contribution >= 0.6 is 0 Å². The first-order chi connectivity index (χ1) is 11.0. The second-order valence-electron chi connectivity index (χ2n) is 5.68. The van der Waals surface area contributed by atoms with Crippen molar-refractivity contribution in [2.75, 3.05) is 0 Å². The van der Waals surface area contributed by atoms with Gasteiger partial charge >= 0.3 is 0 Å². The van der Waals surface area contributed by atoms with Crippen molar-refractivity contribution in [3.8, 4) is 22.9 Å². The number of aryl methyl sites for hydroxylation is 3. The van der Waals surface area contributed by atoms with Gasteiger partial charge in [-0.15, -0.1) is 0 Å². The normalized spacial score (nSPS) is 10.5. The third-order valence-corrected chi connectivity index (χ3v) is 3.99. The van der Waals surface area contributed by atoms with Crippen molar-refractivity contribution in [2.45, 2.75) is 20.8 Å². The molecule has 1 aromatic carbocycles. The monoisotopic (exact) mass is 303 g/mol. The topological polar surface area (TPSA) is 61.6 Å². The summed E-state index contributed by atoms with van der Waals surface area (Å²) < 4.78 is 2.16. The fourth-order valence-electron chi connectivity index (χ4n) is 2.89. The molecule has 0 bridgehead atoms. The zero-order valence-electron chi connectivity index (χ0n) is 13.3. The number of rotatable bonds is 2. The largest absolute Gasteiger partial charge is 0.325 e. The number of benzene rings is 1. The summed E-state index contributed by atoms with van der Waals surface area (Å²) in [7, 11) is 0. The van der Waals surface area contributed by atoms with Crippen LogP contribution in [0.15, 0.2) is 47.3 Å². The lowest BCUT2D eigenvalue weighted by Crippen LogP contribution is -2.12. The van der Waals surface area contributed by atoms with Crippen molar-refractivity contribution in [3.63, 3.8) is 0 Å². The van der Waals surface area contributed by atoms with Gasteiger partial charge in [-0.1, -0.05) is 12.1 Å². The number of nitriles is 1. The average Bonchev–Trinajstić information content (AvgIpc) is 2.86. The van der Waals surface area contributed by atoms with Gasteiger partial charge in [0, 0.05) is 28.3 Å². The maximum atomic E-state index is 11.9. The molecular formula is C19H17N3O. The van der Waals surface area contributed by atoms with Crippen LogP contribution in [0.2, 0.25) is 0 Å². The highest BCUT2D eigenvalue weighted by Crippen LogP contribution is 2.24. The van der Waals surface area contributed by atoms with E-state index in [4.69, 9.17) is 0 Å². The van der Waals surface area contributed by atoms with Crippen LogP contribution in [0.3, 0.4) is 0 Å². The van der Waals surface area contributed by atoms with Crippen molar-refractivity contribution < 1.29 is 0 Å². The molecule has 0 saturated heterocycles. The second kappa shape index (κ2) is 5.62.